The number of rotatable bonds is 26. The normalized spacial score (nSPS) is 11.0. The molecule has 0 aliphatic heterocycles. The quantitative estimate of drug-likeness (QED) is 0.121. The fraction of sp³-hybridized carbons (Fsp3) is 1.00. The summed E-state index contributed by atoms with van der Waals surface area (Å²) in [4.78, 5) is 0. The first-order valence-corrected chi connectivity index (χ1v) is 14.4. The van der Waals surface area contributed by atoms with Gasteiger partial charge in [0, 0.05) is 0 Å². The molecule has 0 aromatic carbocycles. The van der Waals surface area contributed by atoms with Gasteiger partial charge in [0.15, 0.2) is 0 Å². The summed E-state index contributed by atoms with van der Waals surface area (Å²) < 4.78 is 0. The van der Waals surface area contributed by atoms with E-state index in [1.807, 2.05) is 0 Å². The van der Waals surface area contributed by atoms with Crippen LogP contribution in [0.2, 0.25) is 0 Å². The van der Waals surface area contributed by atoms with Gasteiger partial charge in [0.1, 0.15) is 0 Å². The zero-order valence-electron chi connectivity index (χ0n) is 21.1. The van der Waals surface area contributed by atoms with Crippen LogP contribution in [0.25, 0.3) is 0 Å². The van der Waals surface area contributed by atoms with Gasteiger partial charge in [-0.2, -0.15) is 0 Å². The first kappa shape index (κ1) is 32.2. The second kappa shape index (κ2) is 31.2. The van der Waals surface area contributed by atoms with Gasteiger partial charge >= 0.3 is 0 Å². The van der Waals surface area contributed by atoms with Gasteiger partial charge in [-0.25, -0.2) is 0 Å². The second-order valence-corrected chi connectivity index (χ2v) is 9.84. The Morgan fingerprint density at radius 3 is 0.400 bits per heavy atom. The Bertz CT molecular complexity index is 231. The van der Waals surface area contributed by atoms with Crippen LogP contribution in [-0.2, 0) is 0 Å². The standard InChI is InChI=1S/C29H60.CH4/c1-3-5-7-9-11-13-15-17-19-21-23-25-27-29-28-26-24-22-20-18-16-14-12-10-8-6-4-2;/h3-29H2,1-2H3;1H4. The van der Waals surface area contributed by atoms with E-state index in [-0.39, 0.29) is 7.43 Å². The molecule has 0 atom stereocenters. The SMILES string of the molecule is C.CCCCCCCCCCCCCCCCCCCCCCCCCCCCC. The molecule has 0 unspecified atom stereocenters. The molecular formula is C30H64. The lowest BCUT2D eigenvalue weighted by atomic mass is 10.0. The third-order valence-corrected chi connectivity index (χ3v) is 6.71. The second-order valence-electron chi connectivity index (χ2n) is 9.84. The molecule has 0 N–H and O–H groups in total. The Morgan fingerprint density at radius 2 is 0.300 bits per heavy atom. The molecule has 0 aromatic rings. The molecule has 0 fully saturated rings. The van der Waals surface area contributed by atoms with Gasteiger partial charge < -0.3 is 0 Å². The van der Waals surface area contributed by atoms with Crippen LogP contribution in [0, 0.1) is 0 Å². The maximum absolute atomic E-state index is 2.30. The van der Waals surface area contributed by atoms with Crippen molar-refractivity contribution in [1.82, 2.24) is 0 Å². The minimum atomic E-state index is 0. The van der Waals surface area contributed by atoms with E-state index < -0.39 is 0 Å². The fourth-order valence-electron chi connectivity index (χ4n) is 4.57. The Hall–Kier alpha value is 0. The van der Waals surface area contributed by atoms with E-state index in [1.54, 1.807) is 0 Å². The minimum Gasteiger partial charge on any atom is -0.0776 e. The summed E-state index contributed by atoms with van der Waals surface area (Å²) in [5.74, 6) is 0. The highest BCUT2D eigenvalue weighted by Crippen LogP contribution is 2.16. The van der Waals surface area contributed by atoms with E-state index in [9.17, 15) is 0 Å². The van der Waals surface area contributed by atoms with Crippen molar-refractivity contribution in [2.24, 2.45) is 0 Å². The van der Waals surface area contributed by atoms with E-state index in [2.05, 4.69) is 13.8 Å². The highest BCUT2D eigenvalue weighted by Gasteiger charge is 1.96. The highest BCUT2D eigenvalue weighted by atomic mass is 14.0. The van der Waals surface area contributed by atoms with Crippen molar-refractivity contribution >= 4 is 0 Å². The van der Waals surface area contributed by atoms with Crippen molar-refractivity contribution in [2.45, 2.75) is 195 Å². The summed E-state index contributed by atoms with van der Waals surface area (Å²) in [7, 11) is 0. The topological polar surface area (TPSA) is 0 Å². The summed E-state index contributed by atoms with van der Waals surface area (Å²) in [5, 5.41) is 0. The van der Waals surface area contributed by atoms with E-state index in [1.165, 1.54) is 173 Å². The molecule has 0 rings (SSSR count). The van der Waals surface area contributed by atoms with Gasteiger partial charge in [-0.3, -0.25) is 0 Å². The van der Waals surface area contributed by atoms with Gasteiger partial charge in [0.05, 0.1) is 0 Å². The molecule has 0 aliphatic rings. The van der Waals surface area contributed by atoms with Gasteiger partial charge in [0.2, 0.25) is 0 Å². The predicted octanol–water partition coefficient (Wildman–Crippen LogP) is 12.2. The third-order valence-electron chi connectivity index (χ3n) is 6.71. The van der Waals surface area contributed by atoms with Crippen molar-refractivity contribution in [3.63, 3.8) is 0 Å². The van der Waals surface area contributed by atoms with Crippen LogP contribution in [0.3, 0.4) is 0 Å². The first-order chi connectivity index (χ1) is 14.4. The predicted molar refractivity (Wildman–Crippen MR) is 143 cm³/mol. The summed E-state index contributed by atoms with van der Waals surface area (Å²) in [6, 6.07) is 0. The first-order valence-electron chi connectivity index (χ1n) is 14.4. The summed E-state index contributed by atoms with van der Waals surface area (Å²) >= 11 is 0. The molecule has 0 saturated carbocycles. The van der Waals surface area contributed by atoms with Crippen molar-refractivity contribution in [2.75, 3.05) is 0 Å². The van der Waals surface area contributed by atoms with E-state index in [0.29, 0.717) is 0 Å². The van der Waals surface area contributed by atoms with Gasteiger partial charge in [0.25, 0.3) is 0 Å². The minimum absolute atomic E-state index is 0. The molecule has 0 radical (unpaired) electrons. The van der Waals surface area contributed by atoms with Crippen molar-refractivity contribution in [3.8, 4) is 0 Å². The highest BCUT2D eigenvalue weighted by molar-refractivity contribution is 4.51. The van der Waals surface area contributed by atoms with Crippen molar-refractivity contribution in [1.29, 1.82) is 0 Å². The lowest BCUT2D eigenvalue weighted by molar-refractivity contribution is 0.515. The maximum atomic E-state index is 2.30. The van der Waals surface area contributed by atoms with E-state index >= 15 is 0 Å². The van der Waals surface area contributed by atoms with Crippen LogP contribution in [0.1, 0.15) is 195 Å². The molecule has 0 spiro atoms. The molecule has 0 bridgehead atoms. The third kappa shape index (κ3) is 30.2. The maximum Gasteiger partial charge on any atom is -0.0533 e. The number of hydrogen-bond acceptors (Lipinski definition) is 0. The van der Waals surface area contributed by atoms with Crippen LogP contribution in [0.4, 0.5) is 0 Å². The molecule has 0 aromatic heterocycles. The summed E-state index contributed by atoms with van der Waals surface area (Å²) in [6.45, 7) is 4.61. The van der Waals surface area contributed by atoms with Crippen molar-refractivity contribution in [3.05, 3.63) is 0 Å². The number of unbranched alkanes of at least 4 members (excludes halogenated alkanes) is 26. The smallest absolute Gasteiger partial charge is 0.0533 e. The van der Waals surface area contributed by atoms with Crippen molar-refractivity contribution < 1.29 is 0 Å². The van der Waals surface area contributed by atoms with Gasteiger partial charge in [-0.05, 0) is 0 Å². The zero-order valence-corrected chi connectivity index (χ0v) is 21.1. The van der Waals surface area contributed by atoms with Gasteiger partial charge in [-0.15, -0.1) is 0 Å². The number of hydrogen-bond donors (Lipinski definition) is 0. The van der Waals surface area contributed by atoms with E-state index in [4.69, 9.17) is 0 Å². The van der Waals surface area contributed by atoms with Crippen LogP contribution in [0.15, 0.2) is 0 Å². The molecule has 0 nitrogen and oxygen atoms in total. The largest absolute Gasteiger partial charge is 0.0776 e. The Morgan fingerprint density at radius 1 is 0.200 bits per heavy atom. The molecule has 30 heavy (non-hydrogen) atoms. The van der Waals surface area contributed by atoms with Gasteiger partial charge in [-0.1, -0.05) is 195 Å². The molecule has 184 valence electrons. The fourth-order valence-corrected chi connectivity index (χ4v) is 4.57. The average Bonchev–Trinajstić information content (AvgIpc) is 2.74. The molecule has 0 saturated heterocycles. The molecule has 0 heterocycles. The molecule has 0 aliphatic carbocycles. The molecular weight excluding hydrogens is 360 g/mol. The van der Waals surface area contributed by atoms with Crippen LogP contribution in [0.5, 0.6) is 0 Å². The van der Waals surface area contributed by atoms with Crippen LogP contribution in [-0.4, -0.2) is 0 Å². The summed E-state index contributed by atoms with van der Waals surface area (Å²) in [5.41, 5.74) is 0. The van der Waals surface area contributed by atoms with Crippen LogP contribution >= 0.6 is 0 Å². The molecule has 0 amide bonds. The lowest BCUT2D eigenvalue weighted by Crippen LogP contribution is -1.84. The molecule has 0 heteroatoms. The average molecular weight is 425 g/mol. The Kier molecular flexibility index (Phi) is 33.5. The summed E-state index contributed by atoms with van der Waals surface area (Å²) in [6.07, 6.45) is 39.9. The Balaban J connectivity index is 0. The monoisotopic (exact) mass is 425 g/mol. The zero-order chi connectivity index (χ0) is 21.1. The van der Waals surface area contributed by atoms with E-state index in [0.717, 1.165) is 0 Å². The van der Waals surface area contributed by atoms with Crippen LogP contribution < -0.4 is 0 Å². The Labute approximate surface area is 194 Å². The lowest BCUT2D eigenvalue weighted by Gasteiger charge is -2.04.